The summed E-state index contributed by atoms with van der Waals surface area (Å²) in [5.41, 5.74) is 4.42. The molecule has 1 saturated heterocycles. The van der Waals surface area contributed by atoms with E-state index in [2.05, 4.69) is 62.1 Å². The molecule has 128 valence electrons. The maximum absolute atomic E-state index is 6.01. The zero-order valence-electron chi connectivity index (χ0n) is 15.0. The summed E-state index contributed by atoms with van der Waals surface area (Å²) in [5.74, 6) is 1.95. The molecular formula is C22H28ClN. The van der Waals surface area contributed by atoms with Gasteiger partial charge in [-0.1, -0.05) is 68.8 Å². The monoisotopic (exact) mass is 341 g/mol. The van der Waals surface area contributed by atoms with Crippen molar-refractivity contribution in [1.29, 1.82) is 0 Å². The van der Waals surface area contributed by atoms with Crippen molar-refractivity contribution in [3.63, 3.8) is 0 Å². The number of hydrogen-bond donors (Lipinski definition) is 0. The van der Waals surface area contributed by atoms with Gasteiger partial charge in [-0.3, -0.25) is 4.90 Å². The van der Waals surface area contributed by atoms with Gasteiger partial charge in [0.1, 0.15) is 0 Å². The summed E-state index contributed by atoms with van der Waals surface area (Å²) in [6.07, 6.45) is 1.27. The Morgan fingerprint density at radius 1 is 1.08 bits per heavy atom. The van der Waals surface area contributed by atoms with Gasteiger partial charge in [0.25, 0.3) is 0 Å². The molecule has 1 fully saturated rings. The maximum atomic E-state index is 6.01. The fourth-order valence-corrected chi connectivity index (χ4v) is 4.03. The van der Waals surface area contributed by atoms with Crippen LogP contribution in [0.15, 0.2) is 48.5 Å². The zero-order valence-corrected chi connectivity index (χ0v) is 15.8. The van der Waals surface area contributed by atoms with Crippen LogP contribution in [0.3, 0.4) is 0 Å². The van der Waals surface area contributed by atoms with Gasteiger partial charge in [0.05, 0.1) is 0 Å². The fraction of sp³-hybridized carbons (Fsp3) is 0.455. The maximum Gasteiger partial charge on any atom is 0.0406 e. The van der Waals surface area contributed by atoms with Crippen molar-refractivity contribution >= 4 is 11.6 Å². The minimum absolute atomic E-state index is 0.583. The molecule has 0 aromatic heterocycles. The smallest absolute Gasteiger partial charge is 0.0406 e. The first-order valence-electron chi connectivity index (χ1n) is 9.10. The van der Waals surface area contributed by atoms with E-state index in [4.69, 9.17) is 11.6 Å². The Balaban J connectivity index is 1.77. The van der Waals surface area contributed by atoms with Gasteiger partial charge in [-0.15, -0.1) is 0 Å². The highest BCUT2D eigenvalue weighted by Gasteiger charge is 2.29. The summed E-state index contributed by atoms with van der Waals surface area (Å²) in [4.78, 5) is 2.60. The molecule has 0 spiro atoms. The van der Waals surface area contributed by atoms with Crippen molar-refractivity contribution < 1.29 is 0 Å². The van der Waals surface area contributed by atoms with Gasteiger partial charge in [0, 0.05) is 18.1 Å². The molecule has 1 aliphatic heterocycles. The van der Waals surface area contributed by atoms with E-state index < -0.39 is 0 Å². The summed E-state index contributed by atoms with van der Waals surface area (Å²) in [7, 11) is 0. The second-order valence-corrected chi connectivity index (χ2v) is 7.95. The van der Waals surface area contributed by atoms with Crippen molar-refractivity contribution in [2.45, 2.75) is 45.6 Å². The Bertz CT molecular complexity index is 662. The second-order valence-electron chi connectivity index (χ2n) is 7.52. The largest absolute Gasteiger partial charge is 0.298 e. The molecule has 0 amide bonds. The van der Waals surface area contributed by atoms with E-state index in [1.165, 1.54) is 24.1 Å². The average Bonchev–Trinajstić information content (AvgIpc) is 2.58. The molecular weight excluding hydrogens is 314 g/mol. The first-order valence-corrected chi connectivity index (χ1v) is 9.48. The number of hydrogen-bond acceptors (Lipinski definition) is 1. The molecule has 2 aromatic rings. The predicted octanol–water partition coefficient (Wildman–Crippen LogP) is 6.09. The van der Waals surface area contributed by atoms with Gasteiger partial charge >= 0.3 is 0 Å². The van der Waals surface area contributed by atoms with Crippen molar-refractivity contribution in [1.82, 2.24) is 4.90 Å². The van der Waals surface area contributed by atoms with Gasteiger partial charge in [0.2, 0.25) is 0 Å². The molecule has 2 atom stereocenters. The minimum atomic E-state index is 0.583. The van der Waals surface area contributed by atoms with Crippen LogP contribution in [0.25, 0.3) is 0 Å². The average molecular weight is 342 g/mol. The highest BCUT2D eigenvalue weighted by molar-refractivity contribution is 6.30. The minimum Gasteiger partial charge on any atom is -0.298 e. The Morgan fingerprint density at radius 2 is 1.79 bits per heavy atom. The third kappa shape index (κ3) is 4.02. The summed E-state index contributed by atoms with van der Waals surface area (Å²) in [6.45, 7) is 10.4. The topological polar surface area (TPSA) is 3.24 Å². The SMILES string of the molecule is CC(C)c1ccccc1C1CN(Cc2ccc(Cl)cc2)CCC1C. The summed E-state index contributed by atoms with van der Waals surface area (Å²) >= 11 is 6.01. The van der Waals surface area contributed by atoms with Gasteiger partial charge in [-0.2, -0.15) is 0 Å². The quantitative estimate of drug-likeness (QED) is 0.650. The van der Waals surface area contributed by atoms with Crippen molar-refractivity contribution in [2.24, 2.45) is 5.92 Å². The predicted molar refractivity (Wildman–Crippen MR) is 104 cm³/mol. The van der Waals surface area contributed by atoms with Gasteiger partial charge in [0.15, 0.2) is 0 Å². The van der Waals surface area contributed by atoms with Crippen LogP contribution in [0.2, 0.25) is 5.02 Å². The second kappa shape index (κ2) is 7.72. The highest BCUT2D eigenvalue weighted by atomic mass is 35.5. The van der Waals surface area contributed by atoms with Crippen LogP contribution in [0.1, 0.15) is 55.7 Å². The third-order valence-corrected chi connectivity index (χ3v) is 5.63. The van der Waals surface area contributed by atoms with Gasteiger partial charge in [-0.05, 0) is 59.5 Å². The first-order chi connectivity index (χ1) is 11.5. The van der Waals surface area contributed by atoms with Crippen molar-refractivity contribution in [2.75, 3.05) is 13.1 Å². The highest BCUT2D eigenvalue weighted by Crippen LogP contribution is 2.36. The molecule has 0 aliphatic carbocycles. The van der Waals surface area contributed by atoms with Crippen molar-refractivity contribution in [3.8, 4) is 0 Å². The molecule has 2 unspecified atom stereocenters. The number of likely N-dealkylation sites (tertiary alicyclic amines) is 1. The van der Waals surface area contributed by atoms with Crippen LogP contribution >= 0.6 is 11.6 Å². The van der Waals surface area contributed by atoms with Crippen LogP contribution < -0.4 is 0 Å². The van der Waals surface area contributed by atoms with E-state index in [0.717, 1.165) is 24.0 Å². The van der Waals surface area contributed by atoms with E-state index in [1.807, 2.05) is 12.1 Å². The molecule has 0 bridgehead atoms. The molecule has 0 radical (unpaired) electrons. The summed E-state index contributed by atoms with van der Waals surface area (Å²) in [5, 5.41) is 0.815. The van der Waals surface area contributed by atoms with Crippen LogP contribution in [0.5, 0.6) is 0 Å². The molecule has 24 heavy (non-hydrogen) atoms. The lowest BCUT2D eigenvalue weighted by Gasteiger charge is -2.38. The van der Waals surface area contributed by atoms with E-state index in [0.29, 0.717) is 11.8 Å². The Kier molecular flexibility index (Phi) is 5.63. The van der Waals surface area contributed by atoms with Crippen molar-refractivity contribution in [3.05, 3.63) is 70.2 Å². The fourth-order valence-electron chi connectivity index (χ4n) is 3.91. The molecule has 1 nitrogen and oxygen atoms in total. The van der Waals surface area contributed by atoms with E-state index in [-0.39, 0.29) is 0 Å². The molecule has 2 aromatic carbocycles. The van der Waals surface area contributed by atoms with Crippen LogP contribution in [0, 0.1) is 5.92 Å². The van der Waals surface area contributed by atoms with Crippen LogP contribution in [-0.4, -0.2) is 18.0 Å². The standard InChI is InChI=1S/C22H28ClN/c1-16(2)20-6-4-5-7-21(20)22-15-24(13-12-17(22)3)14-18-8-10-19(23)11-9-18/h4-11,16-17,22H,12-15H2,1-3H3. The summed E-state index contributed by atoms with van der Waals surface area (Å²) < 4.78 is 0. The lowest BCUT2D eigenvalue weighted by molar-refractivity contribution is 0.159. The van der Waals surface area contributed by atoms with Gasteiger partial charge in [-0.25, -0.2) is 0 Å². The summed E-state index contributed by atoms with van der Waals surface area (Å²) in [6, 6.07) is 17.3. The number of piperidine rings is 1. The lowest BCUT2D eigenvalue weighted by atomic mass is 9.78. The molecule has 0 N–H and O–H groups in total. The molecule has 1 heterocycles. The van der Waals surface area contributed by atoms with Crippen LogP contribution in [0.4, 0.5) is 0 Å². The zero-order chi connectivity index (χ0) is 17.1. The normalized spacial score (nSPS) is 22.0. The first kappa shape index (κ1) is 17.5. The number of nitrogens with zero attached hydrogens (tertiary/aromatic N) is 1. The third-order valence-electron chi connectivity index (χ3n) is 5.38. The van der Waals surface area contributed by atoms with E-state index in [1.54, 1.807) is 5.56 Å². The van der Waals surface area contributed by atoms with E-state index >= 15 is 0 Å². The van der Waals surface area contributed by atoms with Gasteiger partial charge < -0.3 is 0 Å². The Morgan fingerprint density at radius 3 is 2.50 bits per heavy atom. The molecule has 0 saturated carbocycles. The number of rotatable bonds is 4. The number of benzene rings is 2. The molecule has 2 heteroatoms. The Hall–Kier alpha value is -1.31. The molecule has 3 rings (SSSR count). The van der Waals surface area contributed by atoms with E-state index in [9.17, 15) is 0 Å². The molecule has 1 aliphatic rings. The Labute approximate surface area is 151 Å². The van der Waals surface area contributed by atoms with Crippen LogP contribution in [-0.2, 0) is 6.54 Å². The lowest BCUT2D eigenvalue weighted by Crippen LogP contribution is -2.38. The number of halogens is 1.